The molecule has 0 radical (unpaired) electrons. The van der Waals surface area contributed by atoms with E-state index >= 15 is 0 Å². The Morgan fingerprint density at radius 3 is 2.50 bits per heavy atom. The molecular formula is C17H29N3. The summed E-state index contributed by atoms with van der Waals surface area (Å²) in [4.78, 5) is 7.39. The van der Waals surface area contributed by atoms with Gasteiger partial charge in [0.2, 0.25) is 0 Å². The molecule has 1 fully saturated rings. The Morgan fingerprint density at radius 1 is 1.30 bits per heavy atom. The van der Waals surface area contributed by atoms with Gasteiger partial charge < -0.3 is 10.6 Å². The van der Waals surface area contributed by atoms with Crippen LogP contribution in [0.4, 0.5) is 5.82 Å². The van der Waals surface area contributed by atoms with E-state index in [1.165, 1.54) is 36.8 Å². The van der Waals surface area contributed by atoms with E-state index in [9.17, 15) is 0 Å². The van der Waals surface area contributed by atoms with Gasteiger partial charge in [0, 0.05) is 30.4 Å². The fourth-order valence-electron chi connectivity index (χ4n) is 3.35. The highest BCUT2D eigenvalue weighted by Gasteiger charge is 2.26. The van der Waals surface area contributed by atoms with Crippen LogP contribution in [-0.2, 0) is 6.54 Å². The molecular weight excluding hydrogens is 246 g/mol. The minimum atomic E-state index is 0.579. The monoisotopic (exact) mass is 275 g/mol. The quantitative estimate of drug-likeness (QED) is 0.893. The van der Waals surface area contributed by atoms with Gasteiger partial charge in [-0.1, -0.05) is 26.7 Å². The largest absolute Gasteiger partial charge is 0.353 e. The number of pyridine rings is 1. The molecule has 0 aliphatic heterocycles. The first-order chi connectivity index (χ1) is 9.52. The van der Waals surface area contributed by atoms with Gasteiger partial charge in [-0.15, -0.1) is 0 Å². The number of hydrogen-bond acceptors (Lipinski definition) is 3. The highest BCUT2D eigenvalue weighted by molar-refractivity contribution is 5.52. The molecule has 0 saturated heterocycles. The number of anilines is 1. The molecule has 3 nitrogen and oxygen atoms in total. The van der Waals surface area contributed by atoms with Crippen molar-refractivity contribution in [2.75, 3.05) is 11.4 Å². The van der Waals surface area contributed by atoms with Crippen LogP contribution in [0.5, 0.6) is 0 Å². The van der Waals surface area contributed by atoms with Gasteiger partial charge in [0.25, 0.3) is 0 Å². The molecule has 0 atom stereocenters. The van der Waals surface area contributed by atoms with Crippen LogP contribution in [0.1, 0.15) is 56.4 Å². The second-order valence-electron chi connectivity index (χ2n) is 6.57. The van der Waals surface area contributed by atoms with Crippen molar-refractivity contribution in [1.82, 2.24) is 4.98 Å². The zero-order valence-corrected chi connectivity index (χ0v) is 13.4. The molecule has 1 saturated carbocycles. The van der Waals surface area contributed by atoms with Gasteiger partial charge in [-0.3, -0.25) is 0 Å². The smallest absolute Gasteiger partial charge is 0.133 e. The van der Waals surface area contributed by atoms with Gasteiger partial charge in [0.1, 0.15) is 5.82 Å². The molecule has 2 rings (SSSR count). The summed E-state index contributed by atoms with van der Waals surface area (Å²) < 4.78 is 0. The van der Waals surface area contributed by atoms with E-state index in [0.29, 0.717) is 18.5 Å². The SMILES string of the molecule is Cc1cc(C)c(CN)c(N(CC(C)C)C2CCCC2)n1. The maximum atomic E-state index is 6.00. The van der Waals surface area contributed by atoms with Gasteiger partial charge in [-0.05, 0) is 44.2 Å². The molecule has 1 heterocycles. The van der Waals surface area contributed by atoms with E-state index in [1.807, 2.05) is 0 Å². The molecule has 2 N–H and O–H groups in total. The molecule has 1 aliphatic rings. The summed E-state index contributed by atoms with van der Waals surface area (Å²) in [7, 11) is 0. The summed E-state index contributed by atoms with van der Waals surface area (Å²) >= 11 is 0. The first kappa shape index (κ1) is 15.3. The van der Waals surface area contributed by atoms with E-state index in [1.54, 1.807) is 0 Å². The highest BCUT2D eigenvalue weighted by atomic mass is 15.2. The van der Waals surface area contributed by atoms with Crippen molar-refractivity contribution in [2.24, 2.45) is 11.7 Å². The van der Waals surface area contributed by atoms with Crippen LogP contribution in [0, 0.1) is 19.8 Å². The predicted molar refractivity (Wildman–Crippen MR) is 86.0 cm³/mol. The summed E-state index contributed by atoms with van der Waals surface area (Å²) in [5.41, 5.74) is 9.61. The lowest BCUT2D eigenvalue weighted by Crippen LogP contribution is -2.38. The van der Waals surface area contributed by atoms with E-state index in [0.717, 1.165) is 18.1 Å². The van der Waals surface area contributed by atoms with Crippen LogP contribution in [0.2, 0.25) is 0 Å². The molecule has 0 unspecified atom stereocenters. The Bertz CT molecular complexity index is 448. The van der Waals surface area contributed by atoms with Crippen molar-refractivity contribution in [1.29, 1.82) is 0 Å². The molecule has 0 amide bonds. The Labute approximate surface area is 123 Å². The summed E-state index contributed by atoms with van der Waals surface area (Å²) in [6, 6.07) is 2.80. The number of nitrogens with zero attached hydrogens (tertiary/aromatic N) is 2. The predicted octanol–water partition coefficient (Wildman–Crippen LogP) is 3.56. The van der Waals surface area contributed by atoms with Crippen molar-refractivity contribution in [3.05, 3.63) is 22.9 Å². The van der Waals surface area contributed by atoms with Gasteiger partial charge >= 0.3 is 0 Å². The molecule has 1 aromatic heterocycles. The average Bonchev–Trinajstić information content (AvgIpc) is 2.88. The number of nitrogens with two attached hydrogens (primary N) is 1. The van der Waals surface area contributed by atoms with Crippen LogP contribution in [0.25, 0.3) is 0 Å². The van der Waals surface area contributed by atoms with Gasteiger partial charge in [-0.25, -0.2) is 4.98 Å². The van der Waals surface area contributed by atoms with Crippen molar-refractivity contribution in [3.63, 3.8) is 0 Å². The van der Waals surface area contributed by atoms with E-state index in [-0.39, 0.29) is 0 Å². The van der Waals surface area contributed by atoms with Crippen LogP contribution in [-0.4, -0.2) is 17.6 Å². The third-order valence-electron chi connectivity index (χ3n) is 4.26. The fourth-order valence-corrected chi connectivity index (χ4v) is 3.35. The number of hydrogen-bond donors (Lipinski definition) is 1. The molecule has 1 aliphatic carbocycles. The third-order valence-corrected chi connectivity index (χ3v) is 4.26. The second kappa shape index (κ2) is 6.57. The summed E-state index contributed by atoms with van der Waals surface area (Å²) in [5, 5.41) is 0. The zero-order chi connectivity index (χ0) is 14.7. The van der Waals surface area contributed by atoms with Crippen molar-refractivity contribution in [3.8, 4) is 0 Å². The van der Waals surface area contributed by atoms with Crippen LogP contribution in [0.15, 0.2) is 6.07 Å². The lowest BCUT2D eigenvalue weighted by Gasteiger charge is -2.34. The first-order valence-electron chi connectivity index (χ1n) is 7.96. The lowest BCUT2D eigenvalue weighted by molar-refractivity contribution is 0.529. The Morgan fingerprint density at radius 2 is 1.95 bits per heavy atom. The standard InChI is InChI=1S/C17H29N3/c1-12(2)11-20(15-7-5-6-8-15)17-16(10-18)13(3)9-14(4)19-17/h9,12,15H,5-8,10-11,18H2,1-4H3. The molecule has 0 spiro atoms. The summed E-state index contributed by atoms with van der Waals surface area (Å²) in [6.45, 7) is 10.5. The second-order valence-corrected chi connectivity index (χ2v) is 6.57. The Hall–Kier alpha value is -1.09. The topological polar surface area (TPSA) is 42.1 Å². The van der Waals surface area contributed by atoms with Crippen LogP contribution in [0.3, 0.4) is 0 Å². The van der Waals surface area contributed by atoms with Crippen molar-refractivity contribution in [2.45, 2.75) is 66.0 Å². The highest BCUT2D eigenvalue weighted by Crippen LogP contribution is 2.31. The zero-order valence-electron chi connectivity index (χ0n) is 13.4. The Kier molecular flexibility index (Phi) is 5.03. The van der Waals surface area contributed by atoms with E-state index in [2.05, 4.69) is 38.7 Å². The number of aromatic nitrogens is 1. The van der Waals surface area contributed by atoms with Crippen molar-refractivity contribution < 1.29 is 0 Å². The molecule has 0 bridgehead atoms. The lowest BCUT2D eigenvalue weighted by atomic mass is 10.1. The minimum Gasteiger partial charge on any atom is -0.353 e. The molecule has 0 aromatic carbocycles. The Balaban J connectivity index is 2.41. The van der Waals surface area contributed by atoms with Crippen LogP contribution >= 0.6 is 0 Å². The molecule has 3 heteroatoms. The molecule has 1 aromatic rings. The van der Waals surface area contributed by atoms with Gasteiger partial charge in [0.05, 0.1) is 0 Å². The van der Waals surface area contributed by atoms with E-state index < -0.39 is 0 Å². The van der Waals surface area contributed by atoms with E-state index in [4.69, 9.17) is 10.7 Å². The fraction of sp³-hybridized carbons (Fsp3) is 0.706. The summed E-state index contributed by atoms with van der Waals surface area (Å²) in [5.74, 6) is 1.79. The number of aryl methyl sites for hydroxylation is 2. The first-order valence-corrected chi connectivity index (χ1v) is 7.96. The number of rotatable bonds is 5. The third kappa shape index (κ3) is 3.32. The molecule has 112 valence electrons. The van der Waals surface area contributed by atoms with Crippen LogP contribution < -0.4 is 10.6 Å². The maximum Gasteiger partial charge on any atom is 0.133 e. The normalized spacial score (nSPS) is 16.1. The van der Waals surface area contributed by atoms with Gasteiger partial charge in [-0.2, -0.15) is 0 Å². The van der Waals surface area contributed by atoms with Gasteiger partial charge in [0.15, 0.2) is 0 Å². The maximum absolute atomic E-state index is 6.00. The average molecular weight is 275 g/mol. The molecule has 20 heavy (non-hydrogen) atoms. The minimum absolute atomic E-state index is 0.579. The van der Waals surface area contributed by atoms with Crippen molar-refractivity contribution >= 4 is 5.82 Å². The summed E-state index contributed by atoms with van der Waals surface area (Å²) in [6.07, 6.45) is 5.29.